The fourth-order valence-electron chi connectivity index (χ4n) is 4.42. The second-order valence-corrected chi connectivity index (χ2v) is 8.35. The van der Waals surface area contributed by atoms with E-state index in [4.69, 9.17) is 0 Å². The Morgan fingerprint density at radius 2 is 1.86 bits per heavy atom. The topological polar surface area (TPSA) is 43.9 Å². The molecule has 0 spiro atoms. The summed E-state index contributed by atoms with van der Waals surface area (Å²) in [6, 6.07) is 9.31. The molecule has 0 saturated carbocycles. The fourth-order valence-corrected chi connectivity index (χ4v) is 4.42. The molecule has 5 nitrogen and oxygen atoms in total. The Labute approximate surface area is 169 Å². The predicted molar refractivity (Wildman–Crippen MR) is 103 cm³/mol. The molecule has 1 aromatic carbocycles. The molecule has 160 valence electrons. The lowest BCUT2D eigenvalue weighted by Gasteiger charge is -2.39. The molecule has 2 unspecified atom stereocenters. The molecule has 2 saturated heterocycles. The number of alkyl halides is 3. The minimum atomic E-state index is -4.63. The Kier molecular flexibility index (Phi) is 6.22. The van der Waals surface area contributed by atoms with E-state index < -0.39 is 23.4 Å². The zero-order valence-corrected chi connectivity index (χ0v) is 16.9. The van der Waals surface area contributed by atoms with E-state index in [0.717, 1.165) is 5.56 Å². The number of carbonyl (C=O) groups excluding carboxylic acids is 2. The van der Waals surface area contributed by atoms with Gasteiger partial charge in [-0.05, 0) is 31.4 Å². The summed E-state index contributed by atoms with van der Waals surface area (Å²) < 4.78 is 42.5. The van der Waals surface area contributed by atoms with Gasteiger partial charge in [-0.15, -0.1) is 0 Å². The number of likely N-dealkylation sites (tertiary alicyclic amines) is 2. The lowest BCUT2D eigenvalue weighted by atomic mass is 9.83. The van der Waals surface area contributed by atoms with Gasteiger partial charge in [0, 0.05) is 40.3 Å². The van der Waals surface area contributed by atoms with Crippen LogP contribution in [0.2, 0.25) is 0 Å². The Morgan fingerprint density at radius 1 is 1.17 bits per heavy atom. The summed E-state index contributed by atoms with van der Waals surface area (Å²) in [6.07, 6.45) is -3.74. The van der Waals surface area contributed by atoms with Crippen LogP contribution in [-0.2, 0) is 16.1 Å². The number of benzene rings is 1. The third kappa shape index (κ3) is 4.42. The van der Waals surface area contributed by atoms with E-state index in [9.17, 15) is 22.8 Å². The van der Waals surface area contributed by atoms with Crippen LogP contribution in [0.25, 0.3) is 0 Å². The minimum Gasteiger partial charge on any atom is -0.349 e. The quantitative estimate of drug-likeness (QED) is 0.765. The average Bonchev–Trinajstić information content (AvgIpc) is 3.12. The van der Waals surface area contributed by atoms with Gasteiger partial charge in [0.15, 0.2) is 5.41 Å². The Balaban J connectivity index is 1.76. The van der Waals surface area contributed by atoms with E-state index >= 15 is 0 Å². The zero-order chi connectivity index (χ0) is 21.2. The fraction of sp³-hybridized carbons (Fsp3) is 0.619. The molecule has 2 aliphatic heterocycles. The van der Waals surface area contributed by atoms with Gasteiger partial charge in [0.1, 0.15) is 0 Å². The molecule has 0 aliphatic carbocycles. The van der Waals surface area contributed by atoms with Gasteiger partial charge in [0.05, 0.1) is 5.92 Å². The van der Waals surface area contributed by atoms with E-state index in [1.54, 1.807) is 19.0 Å². The van der Waals surface area contributed by atoms with Crippen LogP contribution < -0.4 is 0 Å². The molecule has 1 aromatic rings. The summed E-state index contributed by atoms with van der Waals surface area (Å²) in [5.41, 5.74) is -1.47. The van der Waals surface area contributed by atoms with Gasteiger partial charge in [-0.25, -0.2) is 0 Å². The molecular formula is C21H28F3N3O2. The highest BCUT2D eigenvalue weighted by molar-refractivity contribution is 5.86. The Bertz CT molecular complexity index is 738. The van der Waals surface area contributed by atoms with Crippen LogP contribution in [0.5, 0.6) is 0 Å². The van der Waals surface area contributed by atoms with Crippen molar-refractivity contribution >= 4 is 11.8 Å². The number of halogens is 3. The number of nitrogens with zero attached hydrogens (tertiary/aromatic N) is 3. The lowest BCUT2D eigenvalue weighted by Crippen LogP contribution is -2.56. The van der Waals surface area contributed by atoms with E-state index in [1.807, 2.05) is 30.3 Å². The highest BCUT2D eigenvalue weighted by Gasteiger charge is 2.64. The summed E-state index contributed by atoms with van der Waals surface area (Å²) in [4.78, 5) is 29.9. The van der Waals surface area contributed by atoms with Crippen LogP contribution in [0.4, 0.5) is 13.2 Å². The first-order valence-electron chi connectivity index (χ1n) is 9.97. The molecule has 2 aliphatic rings. The van der Waals surface area contributed by atoms with Crippen molar-refractivity contribution in [3.8, 4) is 0 Å². The SMILES string of the molecule is CN(C)C(=O)C1CCCN(C(=O)C2(C(F)(F)F)CCN(Cc3ccccc3)C2)C1. The highest BCUT2D eigenvalue weighted by atomic mass is 19.4. The summed E-state index contributed by atoms with van der Waals surface area (Å²) in [6.45, 7) is 0.591. The third-order valence-electron chi connectivity index (χ3n) is 6.05. The molecule has 0 aromatic heterocycles. The van der Waals surface area contributed by atoms with Crippen molar-refractivity contribution in [3.63, 3.8) is 0 Å². The average molecular weight is 411 g/mol. The Morgan fingerprint density at radius 3 is 2.48 bits per heavy atom. The maximum absolute atomic E-state index is 14.2. The molecule has 2 atom stereocenters. The van der Waals surface area contributed by atoms with Gasteiger partial charge in [0.25, 0.3) is 0 Å². The molecule has 29 heavy (non-hydrogen) atoms. The van der Waals surface area contributed by atoms with Gasteiger partial charge in [-0.1, -0.05) is 30.3 Å². The predicted octanol–water partition coefficient (Wildman–Crippen LogP) is 2.77. The maximum atomic E-state index is 14.2. The summed E-state index contributed by atoms with van der Waals surface area (Å²) >= 11 is 0. The molecule has 2 amide bonds. The van der Waals surface area contributed by atoms with Crippen LogP contribution in [0.1, 0.15) is 24.8 Å². The zero-order valence-electron chi connectivity index (χ0n) is 16.9. The third-order valence-corrected chi connectivity index (χ3v) is 6.05. The van der Waals surface area contributed by atoms with Crippen LogP contribution in [0.15, 0.2) is 30.3 Å². The van der Waals surface area contributed by atoms with Gasteiger partial charge in [-0.3, -0.25) is 14.5 Å². The van der Waals surface area contributed by atoms with Gasteiger partial charge in [-0.2, -0.15) is 13.2 Å². The summed E-state index contributed by atoms with van der Waals surface area (Å²) in [7, 11) is 3.25. The minimum absolute atomic E-state index is 0.0619. The normalized spacial score (nSPS) is 25.8. The van der Waals surface area contributed by atoms with Gasteiger partial charge < -0.3 is 9.80 Å². The van der Waals surface area contributed by atoms with Crippen molar-refractivity contribution in [2.45, 2.75) is 32.0 Å². The maximum Gasteiger partial charge on any atom is 0.404 e. The smallest absolute Gasteiger partial charge is 0.349 e. The number of piperidine rings is 1. The van der Waals surface area contributed by atoms with Crippen molar-refractivity contribution in [2.75, 3.05) is 40.3 Å². The highest BCUT2D eigenvalue weighted by Crippen LogP contribution is 2.47. The molecule has 0 N–H and O–H groups in total. The first-order valence-corrected chi connectivity index (χ1v) is 9.97. The standard InChI is InChI=1S/C21H28F3N3O2/c1-25(2)18(28)17-9-6-11-27(14-17)19(29)20(21(22,23)24)10-12-26(15-20)13-16-7-4-3-5-8-16/h3-5,7-8,17H,6,9-15H2,1-2H3. The summed E-state index contributed by atoms with van der Waals surface area (Å²) in [5.74, 6) is -1.45. The van der Waals surface area contributed by atoms with Crippen molar-refractivity contribution < 1.29 is 22.8 Å². The summed E-state index contributed by atoms with van der Waals surface area (Å²) in [5, 5.41) is 0. The first-order chi connectivity index (χ1) is 13.6. The van der Waals surface area contributed by atoms with Crippen molar-refractivity contribution in [3.05, 3.63) is 35.9 Å². The van der Waals surface area contributed by atoms with Crippen LogP contribution in [-0.4, -0.2) is 73.0 Å². The van der Waals surface area contributed by atoms with Gasteiger partial charge >= 0.3 is 6.18 Å². The van der Waals surface area contributed by atoms with Crippen molar-refractivity contribution in [2.24, 2.45) is 11.3 Å². The molecule has 2 fully saturated rings. The van der Waals surface area contributed by atoms with Crippen LogP contribution in [0.3, 0.4) is 0 Å². The van der Waals surface area contributed by atoms with E-state index in [-0.39, 0.29) is 38.5 Å². The number of carbonyl (C=O) groups is 2. The van der Waals surface area contributed by atoms with E-state index in [1.165, 1.54) is 9.80 Å². The molecule has 2 heterocycles. The molecule has 8 heteroatoms. The molecule has 3 rings (SSSR count). The lowest BCUT2D eigenvalue weighted by molar-refractivity contribution is -0.224. The van der Waals surface area contributed by atoms with Gasteiger partial charge in [0.2, 0.25) is 11.8 Å². The number of amides is 2. The second-order valence-electron chi connectivity index (χ2n) is 8.35. The van der Waals surface area contributed by atoms with Crippen LogP contribution >= 0.6 is 0 Å². The molecule has 0 radical (unpaired) electrons. The number of hydrogen-bond acceptors (Lipinski definition) is 3. The molecule has 0 bridgehead atoms. The Hall–Kier alpha value is -2.09. The monoisotopic (exact) mass is 411 g/mol. The largest absolute Gasteiger partial charge is 0.404 e. The van der Waals surface area contributed by atoms with Crippen molar-refractivity contribution in [1.82, 2.24) is 14.7 Å². The van der Waals surface area contributed by atoms with E-state index in [2.05, 4.69) is 0 Å². The number of rotatable bonds is 4. The second kappa shape index (κ2) is 8.34. The first kappa shape index (κ1) is 21.6. The van der Waals surface area contributed by atoms with Crippen LogP contribution in [0, 0.1) is 11.3 Å². The number of hydrogen-bond donors (Lipinski definition) is 0. The molecular weight excluding hydrogens is 383 g/mol. The van der Waals surface area contributed by atoms with E-state index in [0.29, 0.717) is 19.4 Å². The van der Waals surface area contributed by atoms with Crippen molar-refractivity contribution in [1.29, 1.82) is 0 Å².